The van der Waals surface area contributed by atoms with E-state index in [1.807, 2.05) is 0 Å². The summed E-state index contributed by atoms with van der Waals surface area (Å²) in [5.74, 6) is -0.1000. The second kappa shape index (κ2) is 8.80. The molecule has 25 heavy (non-hydrogen) atoms. The smallest absolute Gasteiger partial charge is 0.286 e. The van der Waals surface area contributed by atoms with Gasteiger partial charge in [-0.1, -0.05) is 15.9 Å². The number of nitro benzene ring substituents is 1. The molecule has 0 aliphatic carbocycles. The van der Waals surface area contributed by atoms with Gasteiger partial charge in [0.05, 0.1) is 30.7 Å². The van der Waals surface area contributed by atoms with E-state index >= 15 is 0 Å². The fourth-order valence-electron chi connectivity index (χ4n) is 2.72. The van der Waals surface area contributed by atoms with Crippen LogP contribution in [0.4, 0.5) is 5.69 Å². The molecule has 0 aromatic heterocycles. The first-order chi connectivity index (χ1) is 12.0. The zero-order valence-electron chi connectivity index (χ0n) is 13.8. The number of likely N-dealkylation sites (tertiary alicyclic amines) is 1. The topological polar surface area (TPSA) is 99.0 Å². The van der Waals surface area contributed by atoms with Crippen molar-refractivity contribution in [1.29, 1.82) is 0 Å². The van der Waals surface area contributed by atoms with Crippen LogP contribution in [0.5, 0.6) is 11.5 Å². The van der Waals surface area contributed by atoms with Crippen molar-refractivity contribution < 1.29 is 24.0 Å². The third kappa shape index (κ3) is 4.28. The van der Waals surface area contributed by atoms with Crippen LogP contribution in [0.25, 0.3) is 0 Å². The maximum absolute atomic E-state index is 12.7. The second-order valence-electron chi connectivity index (χ2n) is 5.51. The number of rotatable bonds is 8. The van der Waals surface area contributed by atoms with E-state index in [4.69, 9.17) is 9.47 Å². The van der Waals surface area contributed by atoms with Crippen LogP contribution >= 0.6 is 15.9 Å². The fraction of sp³-hybridized carbons (Fsp3) is 0.500. The van der Waals surface area contributed by atoms with E-state index in [9.17, 15) is 19.7 Å². The lowest BCUT2D eigenvalue weighted by molar-refractivity contribution is -0.385. The number of ether oxygens (including phenoxy) is 2. The summed E-state index contributed by atoms with van der Waals surface area (Å²) < 4.78 is 10.7. The van der Waals surface area contributed by atoms with Crippen LogP contribution < -0.4 is 9.47 Å². The number of halogens is 1. The summed E-state index contributed by atoms with van der Waals surface area (Å²) in [6.07, 6.45) is 2.67. The zero-order chi connectivity index (χ0) is 18.4. The fourth-order valence-corrected chi connectivity index (χ4v) is 2.95. The van der Waals surface area contributed by atoms with Crippen molar-refractivity contribution in [2.45, 2.75) is 25.3 Å². The van der Waals surface area contributed by atoms with Gasteiger partial charge in [0.25, 0.3) is 11.6 Å². The Morgan fingerprint density at radius 2 is 2.24 bits per heavy atom. The summed E-state index contributed by atoms with van der Waals surface area (Å²) in [6.45, 7) is 0.747. The number of hydrogen-bond donors (Lipinski definition) is 0. The summed E-state index contributed by atoms with van der Waals surface area (Å²) >= 11 is 3.28. The van der Waals surface area contributed by atoms with Crippen LogP contribution in [-0.4, -0.2) is 53.6 Å². The molecule has 1 aliphatic rings. The van der Waals surface area contributed by atoms with Gasteiger partial charge in [-0.05, 0) is 19.3 Å². The number of nitro groups is 1. The molecule has 2 rings (SSSR count). The minimum atomic E-state index is -0.629. The zero-order valence-corrected chi connectivity index (χ0v) is 15.4. The number of methoxy groups -OCH3 is 1. The van der Waals surface area contributed by atoms with Crippen LogP contribution in [0.2, 0.25) is 0 Å². The standard InChI is InChI=1S/C16H19BrN2O6/c1-24-14-8-12(16(21)18-6-2-4-11(18)10-20)13(19(22)23)9-15(14)25-7-3-5-17/h8-11H,2-7H2,1H3/t11-/m0/s1. The van der Waals surface area contributed by atoms with E-state index in [2.05, 4.69) is 15.9 Å². The molecule has 1 aromatic rings. The van der Waals surface area contributed by atoms with Gasteiger partial charge in [-0.2, -0.15) is 0 Å². The molecule has 1 amide bonds. The van der Waals surface area contributed by atoms with Gasteiger partial charge in [-0.3, -0.25) is 14.9 Å². The van der Waals surface area contributed by atoms with Crippen molar-refractivity contribution in [3.05, 3.63) is 27.8 Å². The highest BCUT2D eigenvalue weighted by molar-refractivity contribution is 9.09. The Kier molecular flexibility index (Phi) is 6.74. The quantitative estimate of drug-likeness (QED) is 0.213. The summed E-state index contributed by atoms with van der Waals surface area (Å²) in [5.41, 5.74) is -0.473. The van der Waals surface area contributed by atoms with E-state index in [1.165, 1.54) is 24.1 Å². The largest absolute Gasteiger partial charge is 0.493 e. The number of amides is 1. The van der Waals surface area contributed by atoms with E-state index in [1.54, 1.807) is 0 Å². The van der Waals surface area contributed by atoms with E-state index in [-0.39, 0.29) is 22.7 Å². The molecule has 1 saturated heterocycles. The van der Waals surface area contributed by atoms with Crippen molar-refractivity contribution >= 4 is 33.8 Å². The molecular formula is C16H19BrN2O6. The van der Waals surface area contributed by atoms with Gasteiger partial charge in [0.15, 0.2) is 11.5 Å². The first-order valence-electron chi connectivity index (χ1n) is 7.85. The second-order valence-corrected chi connectivity index (χ2v) is 6.31. The van der Waals surface area contributed by atoms with Crippen molar-refractivity contribution in [3.8, 4) is 11.5 Å². The molecule has 8 nitrogen and oxygen atoms in total. The predicted molar refractivity (Wildman–Crippen MR) is 93.7 cm³/mol. The Balaban J connectivity index is 2.40. The Hall–Kier alpha value is -2.16. The number of alkyl halides is 1. The lowest BCUT2D eigenvalue weighted by Gasteiger charge is -2.21. The molecule has 0 unspecified atom stereocenters. The van der Waals surface area contributed by atoms with E-state index in [0.29, 0.717) is 38.7 Å². The van der Waals surface area contributed by atoms with Gasteiger partial charge in [0, 0.05) is 17.9 Å². The van der Waals surface area contributed by atoms with Gasteiger partial charge < -0.3 is 19.2 Å². The van der Waals surface area contributed by atoms with E-state index < -0.39 is 16.9 Å². The van der Waals surface area contributed by atoms with Crippen molar-refractivity contribution in [2.24, 2.45) is 0 Å². The summed E-state index contributed by atoms with van der Waals surface area (Å²) in [5, 5.41) is 12.2. The van der Waals surface area contributed by atoms with Gasteiger partial charge in [-0.15, -0.1) is 0 Å². The highest BCUT2D eigenvalue weighted by atomic mass is 79.9. The van der Waals surface area contributed by atoms with Gasteiger partial charge in [0.2, 0.25) is 0 Å². The lowest BCUT2D eigenvalue weighted by atomic mass is 10.1. The molecule has 0 N–H and O–H groups in total. The van der Waals surface area contributed by atoms with Crippen LogP contribution in [0, 0.1) is 10.1 Å². The van der Waals surface area contributed by atoms with Gasteiger partial charge in [-0.25, -0.2) is 0 Å². The Labute approximate surface area is 153 Å². The first kappa shape index (κ1) is 19.2. The number of aldehydes is 1. The minimum absolute atomic E-state index is 0.108. The third-order valence-electron chi connectivity index (χ3n) is 3.96. The molecule has 0 spiro atoms. The van der Waals surface area contributed by atoms with Crippen LogP contribution in [0.15, 0.2) is 12.1 Å². The number of carbonyl (C=O) groups is 2. The SMILES string of the molecule is COc1cc(C(=O)N2CCC[C@H]2C=O)c([N+](=O)[O-])cc1OCCCBr. The van der Waals surface area contributed by atoms with Crippen molar-refractivity contribution in [1.82, 2.24) is 4.90 Å². The van der Waals surface area contributed by atoms with Crippen LogP contribution in [-0.2, 0) is 4.79 Å². The molecule has 9 heteroatoms. The maximum atomic E-state index is 12.7. The Bertz CT molecular complexity index is 666. The monoisotopic (exact) mass is 414 g/mol. The van der Waals surface area contributed by atoms with Crippen molar-refractivity contribution in [3.63, 3.8) is 0 Å². The molecule has 0 bridgehead atoms. The average Bonchev–Trinajstić information content (AvgIpc) is 3.09. The molecule has 1 atom stereocenters. The predicted octanol–water partition coefficient (Wildman–Crippen LogP) is 2.57. The summed E-state index contributed by atoms with van der Waals surface area (Å²) in [6, 6.07) is 1.96. The maximum Gasteiger partial charge on any atom is 0.286 e. The molecule has 1 heterocycles. The van der Waals surface area contributed by atoms with Gasteiger partial charge >= 0.3 is 0 Å². The van der Waals surface area contributed by atoms with E-state index in [0.717, 1.165) is 5.33 Å². The molecule has 0 radical (unpaired) electrons. The first-order valence-corrected chi connectivity index (χ1v) is 8.97. The normalized spacial score (nSPS) is 16.6. The number of hydrogen-bond acceptors (Lipinski definition) is 6. The summed E-state index contributed by atoms with van der Waals surface area (Å²) in [4.78, 5) is 36.0. The highest BCUT2D eigenvalue weighted by Gasteiger charge is 2.34. The Morgan fingerprint density at radius 3 is 2.84 bits per heavy atom. The summed E-state index contributed by atoms with van der Waals surface area (Å²) in [7, 11) is 1.40. The molecule has 136 valence electrons. The van der Waals surface area contributed by atoms with Gasteiger partial charge in [0.1, 0.15) is 11.8 Å². The number of benzene rings is 1. The third-order valence-corrected chi connectivity index (χ3v) is 4.52. The molecule has 1 aliphatic heterocycles. The Morgan fingerprint density at radius 1 is 1.48 bits per heavy atom. The average molecular weight is 415 g/mol. The lowest BCUT2D eigenvalue weighted by Crippen LogP contribution is -2.36. The molecule has 1 aromatic carbocycles. The number of carbonyl (C=O) groups excluding carboxylic acids is 2. The van der Waals surface area contributed by atoms with Crippen LogP contribution in [0.1, 0.15) is 29.6 Å². The van der Waals surface area contributed by atoms with Crippen LogP contribution in [0.3, 0.4) is 0 Å². The molecule has 1 fully saturated rings. The molecular weight excluding hydrogens is 396 g/mol. The minimum Gasteiger partial charge on any atom is -0.493 e. The number of nitrogens with zero attached hydrogens (tertiary/aromatic N) is 2. The molecule has 0 saturated carbocycles. The van der Waals surface area contributed by atoms with Crippen molar-refractivity contribution in [2.75, 3.05) is 25.6 Å². The highest BCUT2D eigenvalue weighted by Crippen LogP contribution is 2.36.